The van der Waals surface area contributed by atoms with E-state index in [1.165, 1.54) is 7.11 Å². The van der Waals surface area contributed by atoms with E-state index in [2.05, 4.69) is 0 Å². The van der Waals surface area contributed by atoms with E-state index in [1.807, 2.05) is 0 Å². The predicted molar refractivity (Wildman–Crippen MR) is 67.1 cm³/mol. The van der Waals surface area contributed by atoms with Gasteiger partial charge >= 0.3 is 5.97 Å². The lowest BCUT2D eigenvalue weighted by molar-refractivity contribution is -0.155. The monoisotopic (exact) mass is 283 g/mol. The van der Waals surface area contributed by atoms with E-state index in [0.29, 0.717) is 0 Å². The highest BCUT2D eigenvalue weighted by Gasteiger charge is 2.31. The number of carbonyl (C=O) groups is 1. The lowest BCUT2D eigenvalue weighted by atomic mass is 9.98. The molecule has 0 aliphatic heterocycles. The third-order valence-corrected chi connectivity index (χ3v) is 2.35. The van der Waals surface area contributed by atoms with Gasteiger partial charge in [-0.05, 0) is 20.8 Å². The van der Waals surface area contributed by atoms with Crippen molar-refractivity contribution in [1.82, 2.24) is 0 Å². The number of benzene rings is 1. The highest BCUT2D eigenvalue weighted by Crippen LogP contribution is 2.28. The van der Waals surface area contributed by atoms with Gasteiger partial charge in [0.25, 0.3) is 0 Å². The molecule has 0 amide bonds. The Morgan fingerprint density at radius 1 is 1.30 bits per heavy atom. The first-order valence-corrected chi connectivity index (χ1v) is 5.85. The zero-order valence-electron chi connectivity index (χ0n) is 11.7. The third kappa shape index (κ3) is 3.67. The quantitative estimate of drug-likeness (QED) is 0.800. The molecule has 1 aromatic carbocycles. The zero-order chi connectivity index (χ0) is 15.5. The van der Waals surface area contributed by atoms with E-state index in [-0.39, 0.29) is 5.75 Å². The largest absolute Gasteiger partial charge is 0.497 e. The third-order valence-electron chi connectivity index (χ3n) is 2.35. The Kier molecular flexibility index (Phi) is 4.66. The minimum Gasteiger partial charge on any atom is -0.497 e. The molecule has 4 nitrogen and oxygen atoms in total. The number of ether oxygens (including phenoxy) is 2. The van der Waals surface area contributed by atoms with Gasteiger partial charge in [-0.2, -0.15) is 5.26 Å². The van der Waals surface area contributed by atoms with Crippen LogP contribution >= 0.6 is 0 Å². The molecular formula is C14H15F2NO3. The highest BCUT2D eigenvalue weighted by atomic mass is 19.1. The minimum absolute atomic E-state index is 0.0374. The average molecular weight is 283 g/mol. The van der Waals surface area contributed by atoms with Gasteiger partial charge in [0.2, 0.25) is 0 Å². The molecule has 1 aromatic rings. The summed E-state index contributed by atoms with van der Waals surface area (Å²) >= 11 is 0. The van der Waals surface area contributed by atoms with Crippen molar-refractivity contribution >= 4 is 5.97 Å². The van der Waals surface area contributed by atoms with Crippen LogP contribution in [0.1, 0.15) is 32.3 Å². The average Bonchev–Trinajstić information content (AvgIpc) is 2.30. The number of halogens is 2. The zero-order valence-corrected chi connectivity index (χ0v) is 11.7. The molecule has 0 aliphatic rings. The summed E-state index contributed by atoms with van der Waals surface area (Å²) in [6.07, 6.45) is 0. The van der Waals surface area contributed by atoms with Crippen LogP contribution < -0.4 is 4.74 Å². The van der Waals surface area contributed by atoms with Crippen molar-refractivity contribution in [1.29, 1.82) is 5.26 Å². The van der Waals surface area contributed by atoms with Crippen LogP contribution in [0.4, 0.5) is 8.78 Å². The van der Waals surface area contributed by atoms with Crippen LogP contribution in [0.25, 0.3) is 0 Å². The Morgan fingerprint density at radius 2 is 1.80 bits per heavy atom. The van der Waals surface area contributed by atoms with Gasteiger partial charge in [-0.3, -0.25) is 4.79 Å². The number of hydrogen-bond acceptors (Lipinski definition) is 4. The Hall–Kier alpha value is -2.16. The van der Waals surface area contributed by atoms with E-state index < -0.39 is 34.7 Å². The van der Waals surface area contributed by atoms with Crippen LogP contribution in [0.5, 0.6) is 5.75 Å². The maximum Gasteiger partial charge on any atom is 0.328 e. The molecule has 108 valence electrons. The summed E-state index contributed by atoms with van der Waals surface area (Å²) < 4.78 is 37.4. The molecule has 0 saturated carbocycles. The number of nitriles is 1. The second kappa shape index (κ2) is 5.87. The lowest BCUT2D eigenvalue weighted by Gasteiger charge is -2.21. The van der Waals surface area contributed by atoms with Crippen LogP contribution in [0.3, 0.4) is 0 Å². The van der Waals surface area contributed by atoms with Gasteiger partial charge in [-0.15, -0.1) is 0 Å². The molecule has 0 bridgehead atoms. The standard InChI is InChI=1S/C14H15F2NO3/c1-14(2,3)20-13(18)9(7-17)12-10(15)5-8(19-4)6-11(12)16/h5-6,9H,1-4H3. The maximum atomic E-state index is 13.8. The van der Waals surface area contributed by atoms with Crippen molar-refractivity contribution in [3.05, 3.63) is 29.3 Å². The summed E-state index contributed by atoms with van der Waals surface area (Å²) in [7, 11) is 1.25. The van der Waals surface area contributed by atoms with Gasteiger partial charge in [0.1, 0.15) is 23.0 Å². The Balaban J connectivity index is 3.21. The van der Waals surface area contributed by atoms with Crippen molar-refractivity contribution in [2.75, 3.05) is 7.11 Å². The van der Waals surface area contributed by atoms with Crippen LogP contribution in [0.2, 0.25) is 0 Å². The first-order valence-electron chi connectivity index (χ1n) is 5.85. The maximum absolute atomic E-state index is 13.8. The summed E-state index contributed by atoms with van der Waals surface area (Å²) in [5, 5.41) is 9.01. The summed E-state index contributed by atoms with van der Waals surface area (Å²) in [6, 6.07) is 3.38. The lowest BCUT2D eigenvalue weighted by Crippen LogP contribution is -2.28. The number of hydrogen-bond donors (Lipinski definition) is 0. The SMILES string of the molecule is COc1cc(F)c(C(C#N)C(=O)OC(C)(C)C)c(F)c1. The van der Waals surface area contributed by atoms with Crippen LogP contribution in [-0.4, -0.2) is 18.7 Å². The second-order valence-electron chi connectivity index (χ2n) is 5.10. The number of methoxy groups -OCH3 is 1. The highest BCUT2D eigenvalue weighted by molar-refractivity contribution is 5.82. The van der Waals surface area contributed by atoms with E-state index >= 15 is 0 Å². The second-order valence-corrected chi connectivity index (χ2v) is 5.10. The van der Waals surface area contributed by atoms with E-state index in [0.717, 1.165) is 12.1 Å². The molecule has 0 fully saturated rings. The molecule has 0 heterocycles. The Bertz CT molecular complexity index is 536. The molecule has 6 heteroatoms. The normalized spacial score (nSPS) is 12.4. The molecule has 1 atom stereocenters. The first-order chi connectivity index (χ1) is 9.19. The van der Waals surface area contributed by atoms with Gasteiger partial charge < -0.3 is 9.47 Å². The summed E-state index contributed by atoms with van der Waals surface area (Å²) in [4.78, 5) is 11.8. The van der Waals surface area contributed by atoms with E-state index in [1.54, 1.807) is 26.8 Å². The van der Waals surface area contributed by atoms with Crippen LogP contribution in [0, 0.1) is 23.0 Å². The minimum atomic E-state index is -1.67. The molecule has 0 radical (unpaired) electrons. The number of esters is 1. The van der Waals surface area contributed by atoms with Crippen molar-refractivity contribution in [2.24, 2.45) is 0 Å². The topological polar surface area (TPSA) is 59.3 Å². The molecule has 0 saturated heterocycles. The predicted octanol–water partition coefficient (Wildman–Crippen LogP) is 2.92. The first kappa shape index (κ1) is 15.9. The van der Waals surface area contributed by atoms with Crippen LogP contribution in [-0.2, 0) is 9.53 Å². The number of rotatable bonds is 3. The summed E-state index contributed by atoms with van der Waals surface area (Å²) in [6.45, 7) is 4.79. The van der Waals surface area contributed by atoms with E-state index in [4.69, 9.17) is 14.7 Å². The smallest absolute Gasteiger partial charge is 0.328 e. The fourth-order valence-corrected chi connectivity index (χ4v) is 1.55. The fourth-order valence-electron chi connectivity index (χ4n) is 1.55. The van der Waals surface area contributed by atoms with E-state index in [9.17, 15) is 13.6 Å². The summed E-state index contributed by atoms with van der Waals surface area (Å²) in [5.41, 5.74) is -1.49. The van der Waals surface area contributed by atoms with Crippen molar-refractivity contribution in [3.8, 4) is 11.8 Å². The number of nitrogens with zero attached hydrogens (tertiary/aromatic N) is 1. The molecule has 1 rings (SSSR count). The van der Waals surface area contributed by atoms with Crippen molar-refractivity contribution in [2.45, 2.75) is 32.3 Å². The van der Waals surface area contributed by atoms with Gasteiger partial charge in [0, 0.05) is 12.1 Å². The molecule has 0 spiro atoms. The molecule has 0 aromatic heterocycles. The van der Waals surface area contributed by atoms with Crippen molar-refractivity contribution in [3.63, 3.8) is 0 Å². The molecule has 20 heavy (non-hydrogen) atoms. The molecular weight excluding hydrogens is 268 g/mol. The Labute approximate surface area is 115 Å². The van der Waals surface area contributed by atoms with Crippen LogP contribution in [0.15, 0.2) is 12.1 Å². The van der Waals surface area contributed by atoms with Gasteiger partial charge in [0.05, 0.1) is 18.7 Å². The van der Waals surface area contributed by atoms with Gasteiger partial charge in [-0.25, -0.2) is 8.78 Å². The van der Waals surface area contributed by atoms with Gasteiger partial charge in [-0.1, -0.05) is 0 Å². The molecule has 1 unspecified atom stereocenters. The number of carbonyl (C=O) groups excluding carboxylic acids is 1. The van der Waals surface area contributed by atoms with Gasteiger partial charge in [0.15, 0.2) is 5.92 Å². The summed E-state index contributed by atoms with van der Waals surface area (Å²) in [5.74, 6) is -4.76. The fraction of sp³-hybridized carbons (Fsp3) is 0.429. The molecule has 0 aliphatic carbocycles. The molecule has 0 N–H and O–H groups in total. The Morgan fingerprint density at radius 3 is 2.15 bits per heavy atom. The van der Waals surface area contributed by atoms with Crippen molar-refractivity contribution < 1.29 is 23.0 Å².